The number of carbonyl (C=O) groups is 2. The van der Waals surface area contributed by atoms with Crippen LogP contribution in [0.5, 0.6) is 5.75 Å². The van der Waals surface area contributed by atoms with E-state index in [0.29, 0.717) is 0 Å². The van der Waals surface area contributed by atoms with E-state index in [0.717, 1.165) is 17.7 Å². The van der Waals surface area contributed by atoms with Gasteiger partial charge in [0, 0.05) is 5.56 Å². The quantitative estimate of drug-likeness (QED) is 0.116. The van der Waals surface area contributed by atoms with Crippen molar-refractivity contribution in [2.45, 2.75) is 38.7 Å². The van der Waals surface area contributed by atoms with Gasteiger partial charge < -0.3 is 19.9 Å². The number of halogens is 2. The number of ether oxygens (including phenoxy) is 3. The van der Waals surface area contributed by atoms with Crippen LogP contribution in [0.4, 0.5) is 14.5 Å². The lowest BCUT2D eigenvalue weighted by molar-refractivity contribution is -0.146. The monoisotopic (exact) mass is 527 g/mol. The number of aryl methyl sites for hydroxylation is 1. The second-order valence-electron chi connectivity index (χ2n) is 7.50. The molecule has 0 saturated carbocycles. The van der Waals surface area contributed by atoms with E-state index in [1.54, 1.807) is 19.1 Å². The standard InChI is InChI=1S/C24H27F2NO8S/c1-5-32-23(28)18(24(29)33-6-2)11-16-12-19(27)20(25)21(26)22(16)34-13-15(4)35-36(30,31)17-9-7-14(3)8-10-17/h7-12,15H,5-6,13,27H2,1-4H3. The summed E-state index contributed by atoms with van der Waals surface area (Å²) in [6.07, 6.45) is -0.249. The Morgan fingerprint density at radius 3 is 2.11 bits per heavy atom. The first-order valence-electron chi connectivity index (χ1n) is 10.9. The zero-order valence-electron chi connectivity index (χ0n) is 20.2. The first-order valence-corrected chi connectivity index (χ1v) is 12.3. The molecule has 12 heteroatoms. The predicted molar refractivity (Wildman–Crippen MR) is 126 cm³/mol. The van der Waals surface area contributed by atoms with Gasteiger partial charge in [0.1, 0.15) is 18.3 Å². The summed E-state index contributed by atoms with van der Waals surface area (Å²) in [6, 6.07) is 6.85. The van der Waals surface area contributed by atoms with Crippen LogP contribution < -0.4 is 10.5 Å². The van der Waals surface area contributed by atoms with Gasteiger partial charge in [-0.2, -0.15) is 12.8 Å². The van der Waals surface area contributed by atoms with Gasteiger partial charge in [-0.05, 0) is 52.0 Å². The molecule has 0 amide bonds. The van der Waals surface area contributed by atoms with Gasteiger partial charge >= 0.3 is 11.9 Å². The summed E-state index contributed by atoms with van der Waals surface area (Å²) in [7, 11) is -4.17. The van der Waals surface area contributed by atoms with Crippen molar-refractivity contribution >= 4 is 33.8 Å². The van der Waals surface area contributed by atoms with Gasteiger partial charge in [-0.1, -0.05) is 17.7 Å². The molecule has 2 rings (SSSR count). The summed E-state index contributed by atoms with van der Waals surface area (Å²) < 4.78 is 74.0. The second-order valence-corrected chi connectivity index (χ2v) is 9.07. The highest BCUT2D eigenvalue weighted by Crippen LogP contribution is 2.32. The number of rotatable bonds is 11. The third-order valence-electron chi connectivity index (χ3n) is 4.57. The molecule has 0 spiro atoms. The van der Waals surface area contributed by atoms with Crippen molar-refractivity contribution in [2.24, 2.45) is 0 Å². The number of nitrogens with two attached hydrogens (primary N) is 1. The molecular weight excluding hydrogens is 500 g/mol. The van der Waals surface area contributed by atoms with Crippen molar-refractivity contribution in [1.29, 1.82) is 0 Å². The van der Waals surface area contributed by atoms with Gasteiger partial charge in [-0.15, -0.1) is 0 Å². The average molecular weight is 528 g/mol. The molecule has 0 saturated heterocycles. The van der Waals surface area contributed by atoms with Crippen molar-refractivity contribution in [1.82, 2.24) is 0 Å². The fraction of sp³-hybridized carbons (Fsp3) is 0.333. The van der Waals surface area contributed by atoms with Crippen molar-refractivity contribution < 1.29 is 45.2 Å². The minimum atomic E-state index is -4.17. The Morgan fingerprint density at radius 1 is 1.03 bits per heavy atom. The molecule has 0 radical (unpaired) electrons. The summed E-state index contributed by atoms with van der Waals surface area (Å²) in [6.45, 7) is 5.48. The number of anilines is 1. The van der Waals surface area contributed by atoms with Crippen LogP contribution in [0.2, 0.25) is 0 Å². The number of hydrogen-bond acceptors (Lipinski definition) is 9. The highest BCUT2D eigenvalue weighted by Gasteiger charge is 2.26. The Balaban J connectivity index is 2.37. The molecule has 0 aromatic heterocycles. The summed E-state index contributed by atoms with van der Waals surface area (Å²) in [5.41, 5.74) is 4.84. The summed E-state index contributed by atoms with van der Waals surface area (Å²) >= 11 is 0. The van der Waals surface area contributed by atoms with Gasteiger partial charge in [0.25, 0.3) is 10.1 Å². The molecule has 0 aliphatic rings. The van der Waals surface area contributed by atoms with E-state index in [1.807, 2.05) is 0 Å². The first-order chi connectivity index (χ1) is 16.9. The van der Waals surface area contributed by atoms with Crippen LogP contribution in [0.3, 0.4) is 0 Å². The third kappa shape index (κ3) is 7.25. The van der Waals surface area contributed by atoms with Crippen LogP contribution in [0.15, 0.2) is 40.8 Å². The minimum absolute atomic E-state index is 0.0663. The van der Waals surface area contributed by atoms with Crippen LogP contribution in [0.1, 0.15) is 31.9 Å². The fourth-order valence-corrected chi connectivity index (χ4v) is 3.95. The smallest absolute Gasteiger partial charge is 0.345 e. The van der Waals surface area contributed by atoms with E-state index in [9.17, 15) is 26.8 Å². The molecule has 196 valence electrons. The summed E-state index contributed by atoms with van der Waals surface area (Å²) in [4.78, 5) is 24.4. The molecule has 1 unspecified atom stereocenters. The molecule has 0 aliphatic carbocycles. The number of nitrogen functional groups attached to an aromatic ring is 1. The van der Waals surface area contributed by atoms with Crippen LogP contribution in [0.25, 0.3) is 6.08 Å². The zero-order valence-corrected chi connectivity index (χ0v) is 21.0. The molecule has 2 N–H and O–H groups in total. The maximum Gasteiger partial charge on any atom is 0.345 e. The SMILES string of the molecule is CCOC(=O)C(=Cc1cc(N)c(F)c(F)c1OCC(C)OS(=O)(=O)c1ccc(C)cc1)C(=O)OCC. The number of carbonyl (C=O) groups excluding carboxylic acids is 2. The van der Waals surface area contributed by atoms with E-state index in [2.05, 4.69) is 0 Å². The topological polar surface area (TPSA) is 131 Å². The molecule has 1 atom stereocenters. The van der Waals surface area contributed by atoms with Crippen LogP contribution in [0, 0.1) is 18.6 Å². The number of hydrogen-bond donors (Lipinski definition) is 1. The lowest BCUT2D eigenvalue weighted by Crippen LogP contribution is -2.23. The summed E-state index contributed by atoms with van der Waals surface area (Å²) in [5, 5.41) is 0. The Hall–Kier alpha value is -3.51. The van der Waals surface area contributed by atoms with Crippen molar-refractivity contribution in [3.8, 4) is 5.75 Å². The molecule has 0 heterocycles. The van der Waals surface area contributed by atoms with Crippen LogP contribution in [-0.2, 0) is 33.4 Å². The van der Waals surface area contributed by atoms with E-state index < -0.39 is 63.4 Å². The minimum Gasteiger partial charge on any atom is -0.487 e. The average Bonchev–Trinajstić information content (AvgIpc) is 2.80. The van der Waals surface area contributed by atoms with Crippen LogP contribution in [-0.4, -0.2) is 46.3 Å². The third-order valence-corrected chi connectivity index (χ3v) is 6.00. The molecule has 0 aliphatic heterocycles. The molecule has 2 aromatic rings. The number of esters is 2. The lowest BCUT2D eigenvalue weighted by atomic mass is 10.1. The Morgan fingerprint density at radius 2 is 1.58 bits per heavy atom. The largest absolute Gasteiger partial charge is 0.487 e. The normalized spacial score (nSPS) is 11.9. The van der Waals surface area contributed by atoms with Gasteiger partial charge in [-0.3, -0.25) is 4.18 Å². The van der Waals surface area contributed by atoms with Crippen LogP contribution >= 0.6 is 0 Å². The van der Waals surface area contributed by atoms with E-state index in [1.165, 1.54) is 32.9 Å². The van der Waals surface area contributed by atoms with E-state index in [4.69, 9.17) is 24.1 Å². The highest BCUT2D eigenvalue weighted by atomic mass is 32.2. The number of benzene rings is 2. The Kier molecular flexibility index (Phi) is 9.93. The Labute approximate surface area is 207 Å². The maximum atomic E-state index is 14.8. The Bertz CT molecular complexity index is 1220. The van der Waals surface area contributed by atoms with E-state index >= 15 is 0 Å². The molecule has 9 nitrogen and oxygen atoms in total. The molecule has 0 bridgehead atoms. The predicted octanol–water partition coefficient (Wildman–Crippen LogP) is 3.54. The van der Waals surface area contributed by atoms with Gasteiger partial charge in [0.05, 0.1) is 23.8 Å². The molecule has 2 aromatic carbocycles. The van der Waals surface area contributed by atoms with E-state index in [-0.39, 0.29) is 23.7 Å². The molecule has 0 fully saturated rings. The van der Waals surface area contributed by atoms with Crippen molar-refractivity contribution in [2.75, 3.05) is 25.6 Å². The zero-order chi connectivity index (χ0) is 27.0. The molecule has 36 heavy (non-hydrogen) atoms. The van der Waals surface area contributed by atoms with Gasteiger partial charge in [0.15, 0.2) is 11.6 Å². The summed E-state index contributed by atoms with van der Waals surface area (Å²) in [5.74, 6) is -5.80. The fourth-order valence-electron chi connectivity index (χ4n) is 2.88. The lowest BCUT2D eigenvalue weighted by Gasteiger charge is -2.17. The van der Waals surface area contributed by atoms with Crippen molar-refractivity contribution in [3.63, 3.8) is 0 Å². The highest BCUT2D eigenvalue weighted by molar-refractivity contribution is 7.86. The van der Waals surface area contributed by atoms with Gasteiger partial charge in [-0.25, -0.2) is 14.0 Å². The first kappa shape index (κ1) is 28.7. The van der Waals surface area contributed by atoms with Gasteiger partial charge in [0.2, 0.25) is 5.82 Å². The van der Waals surface area contributed by atoms with Crippen molar-refractivity contribution in [3.05, 3.63) is 58.7 Å². The maximum absolute atomic E-state index is 14.8. The molecular formula is C24H27F2NO8S. The second kappa shape index (κ2) is 12.5.